The number of nitrogens with zero attached hydrogens (tertiary/aromatic N) is 1. The fraction of sp³-hybridized carbons (Fsp3) is 0.950. The molecule has 0 aromatic rings. The molecule has 3 unspecified atom stereocenters. The summed E-state index contributed by atoms with van der Waals surface area (Å²) in [5, 5.41) is 10.3. The molecule has 1 heterocycles. The number of amides is 1. The molecule has 1 N–H and O–H groups in total. The third-order valence-corrected chi connectivity index (χ3v) is 7.31. The number of likely N-dealkylation sites (tertiary alicyclic amines) is 1. The number of carbonyl (C=O) groups excluding carboxylic acids is 1. The number of carbonyl (C=O) groups is 1. The van der Waals surface area contributed by atoms with E-state index in [0.29, 0.717) is 30.3 Å². The van der Waals surface area contributed by atoms with E-state index in [-0.39, 0.29) is 17.6 Å². The van der Waals surface area contributed by atoms with E-state index in [2.05, 4.69) is 13.8 Å². The molecular formula is C20H35NO3. The van der Waals surface area contributed by atoms with Gasteiger partial charge in [-0.1, -0.05) is 26.7 Å². The molecule has 3 rings (SSSR count). The predicted molar refractivity (Wildman–Crippen MR) is 94.6 cm³/mol. The predicted octanol–water partition coefficient (Wildman–Crippen LogP) is 3.37. The molecule has 1 spiro atoms. The average molecular weight is 338 g/mol. The van der Waals surface area contributed by atoms with Gasteiger partial charge in [-0.3, -0.25) is 4.79 Å². The number of aliphatic hydroxyl groups is 1. The first-order chi connectivity index (χ1) is 11.4. The molecule has 0 aromatic heterocycles. The van der Waals surface area contributed by atoms with Crippen LogP contribution in [-0.4, -0.2) is 47.8 Å². The van der Waals surface area contributed by atoms with E-state index >= 15 is 0 Å². The van der Waals surface area contributed by atoms with Crippen LogP contribution < -0.4 is 0 Å². The van der Waals surface area contributed by atoms with Crippen LogP contribution in [0, 0.1) is 16.7 Å². The molecule has 2 aliphatic carbocycles. The lowest BCUT2D eigenvalue weighted by Gasteiger charge is -2.56. The van der Waals surface area contributed by atoms with E-state index < -0.39 is 0 Å². The van der Waals surface area contributed by atoms with Crippen molar-refractivity contribution in [3.05, 3.63) is 0 Å². The second-order valence-corrected chi connectivity index (χ2v) is 8.94. The van der Waals surface area contributed by atoms with E-state index in [9.17, 15) is 9.90 Å². The van der Waals surface area contributed by atoms with Crippen molar-refractivity contribution in [2.75, 3.05) is 19.7 Å². The third-order valence-electron chi connectivity index (χ3n) is 7.31. The molecule has 4 heteroatoms. The van der Waals surface area contributed by atoms with Gasteiger partial charge in [-0.15, -0.1) is 0 Å². The maximum atomic E-state index is 12.8. The summed E-state index contributed by atoms with van der Waals surface area (Å²) in [7, 11) is 0. The summed E-state index contributed by atoms with van der Waals surface area (Å²) in [4.78, 5) is 14.8. The minimum Gasteiger partial charge on any atom is -0.392 e. The molecule has 0 bridgehead atoms. The van der Waals surface area contributed by atoms with Gasteiger partial charge in [0.05, 0.1) is 12.2 Å². The highest BCUT2D eigenvalue weighted by Gasteiger charge is 2.56. The Morgan fingerprint density at radius 3 is 2.50 bits per heavy atom. The summed E-state index contributed by atoms with van der Waals surface area (Å²) in [6.07, 6.45) is 8.20. The minimum atomic E-state index is -0.247. The van der Waals surface area contributed by atoms with Gasteiger partial charge in [-0.2, -0.15) is 0 Å². The Balaban J connectivity index is 1.54. The normalized spacial score (nSPS) is 34.8. The molecule has 3 fully saturated rings. The highest BCUT2D eigenvalue weighted by Crippen LogP contribution is 2.51. The second-order valence-electron chi connectivity index (χ2n) is 8.94. The van der Waals surface area contributed by atoms with Gasteiger partial charge in [0.1, 0.15) is 0 Å². The number of hydrogen-bond acceptors (Lipinski definition) is 3. The van der Waals surface area contributed by atoms with Crippen LogP contribution in [0.5, 0.6) is 0 Å². The van der Waals surface area contributed by atoms with Crippen LogP contribution in [0.15, 0.2) is 0 Å². The van der Waals surface area contributed by atoms with Crippen LogP contribution in [0.3, 0.4) is 0 Å². The number of rotatable bonds is 4. The van der Waals surface area contributed by atoms with Gasteiger partial charge in [0.2, 0.25) is 5.91 Å². The summed E-state index contributed by atoms with van der Waals surface area (Å²) in [5.74, 6) is 0.853. The van der Waals surface area contributed by atoms with Crippen molar-refractivity contribution in [2.24, 2.45) is 16.7 Å². The number of hydrogen-bond donors (Lipinski definition) is 1. The lowest BCUT2D eigenvalue weighted by molar-refractivity contribution is -0.210. The van der Waals surface area contributed by atoms with Crippen molar-refractivity contribution in [3.8, 4) is 0 Å². The number of ether oxygens (including phenoxy) is 1. The minimum absolute atomic E-state index is 0.0864. The van der Waals surface area contributed by atoms with Gasteiger partial charge in [-0.25, -0.2) is 0 Å². The van der Waals surface area contributed by atoms with E-state index in [0.717, 1.165) is 32.4 Å². The van der Waals surface area contributed by atoms with Gasteiger partial charge in [-0.05, 0) is 43.9 Å². The molecule has 2 saturated carbocycles. The lowest BCUT2D eigenvalue weighted by atomic mass is 9.58. The van der Waals surface area contributed by atoms with Gasteiger partial charge in [0.15, 0.2) is 0 Å². The first-order valence-electron chi connectivity index (χ1n) is 9.96. The maximum Gasteiger partial charge on any atom is 0.222 e. The summed E-state index contributed by atoms with van der Waals surface area (Å²) in [6.45, 7) is 8.94. The van der Waals surface area contributed by atoms with Gasteiger partial charge in [0, 0.05) is 38.0 Å². The standard InChI is InChI=1S/C20H35NO3/c1-4-24-17-14-16(22)20(17)9-11-21(12-10-20)18(23)13-15-7-5-6-8-19(15,2)3/h15-17,22H,4-14H2,1-3H3. The highest BCUT2D eigenvalue weighted by molar-refractivity contribution is 5.76. The Morgan fingerprint density at radius 1 is 1.21 bits per heavy atom. The Morgan fingerprint density at radius 2 is 1.92 bits per heavy atom. The SMILES string of the molecule is CCOC1CC(O)C12CCN(C(=O)CC1CCCCC1(C)C)CC2. The highest BCUT2D eigenvalue weighted by atomic mass is 16.5. The van der Waals surface area contributed by atoms with E-state index in [1.54, 1.807) is 0 Å². The van der Waals surface area contributed by atoms with Gasteiger partial charge in [0.25, 0.3) is 0 Å². The number of piperidine rings is 1. The fourth-order valence-electron chi connectivity index (χ4n) is 5.27. The first-order valence-corrected chi connectivity index (χ1v) is 9.96. The zero-order valence-electron chi connectivity index (χ0n) is 15.7. The molecule has 1 aliphatic heterocycles. The van der Waals surface area contributed by atoms with Crippen LogP contribution in [0.1, 0.15) is 72.1 Å². The van der Waals surface area contributed by atoms with Crippen LogP contribution in [-0.2, 0) is 9.53 Å². The van der Waals surface area contributed by atoms with E-state index in [1.165, 1.54) is 25.7 Å². The van der Waals surface area contributed by atoms with E-state index in [4.69, 9.17) is 4.74 Å². The summed E-state index contributed by atoms with van der Waals surface area (Å²) in [6, 6.07) is 0. The topological polar surface area (TPSA) is 49.8 Å². The van der Waals surface area contributed by atoms with Crippen molar-refractivity contribution >= 4 is 5.91 Å². The maximum absolute atomic E-state index is 12.8. The molecule has 138 valence electrons. The smallest absolute Gasteiger partial charge is 0.222 e. The zero-order valence-corrected chi connectivity index (χ0v) is 15.7. The largest absolute Gasteiger partial charge is 0.392 e. The molecule has 0 radical (unpaired) electrons. The quantitative estimate of drug-likeness (QED) is 0.855. The molecular weight excluding hydrogens is 302 g/mol. The molecule has 1 amide bonds. The average Bonchev–Trinajstić information content (AvgIpc) is 2.56. The Labute approximate surface area is 146 Å². The van der Waals surface area contributed by atoms with Crippen LogP contribution in [0.2, 0.25) is 0 Å². The van der Waals surface area contributed by atoms with Crippen LogP contribution in [0.4, 0.5) is 0 Å². The van der Waals surface area contributed by atoms with E-state index in [1.807, 2.05) is 11.8 Å². The Hall–Kier alpha value is -0.610. The molecule has 4 nitrogen and oxygen atoms in total. The number of aliphatic hydroxyl groups excluding tert-OH is 1. The lowest BCUT2D eigenvalue weighted by Crippen LogP contribution is -2.62. The molecule has 3 aliphatic rings. The van der Waals surface area contributed by atoms with Crippen molar-refractivity contribution < 1.29 is 14.6 Å². The molecule has 1 saturated heterocycles. The third kappa shape index (κ3) is 3.24. The zero-order chi connectivity index (χ0) is 17.4. The van der Waals surface area contributed by atoms with Crippen molar-refractivity contribution in [1.29, 1.82) is 0 Å². The Bertz CT molecular complexity index is 452. The molecule has 24 heavy (non-hydrogen) atoms. The monoisotopic (exact) mass is 337 g/mol. The summed E-state index contributed by atoms with van der Waals surface area (Å²) in [5.41, 5.74) is 0.214. The second kappa shape index (κ2) is 6.95. The molecule has 0 aromatic carbocycles. The van der Waals surface area contributed by atoms with Crippen molar-refractivity contribution in [3.63, 3.8) is 0 Å². The van der Waals surface area contributed by atoms with Crippen molar-refractivity contribution in [1.82, 2.24) is 4.90 Å². The Kier molecular flexibility index (Phi) is 5.27. The van der Waals surface area contributed by atoms with Crippen LogP contribution in [0.25, 0.3) is 0 Å². The van der Waals surface area contributed by atoms with Gasteiger partial charge >= 0.3 is 0 Å². The fourth-order valence-corrected chi connectivity index (χ4v) is 5.27. The van der Waals surface area contributed by atoms with Crippen molar-refractivity contribution in [2.45, 2.75) is 84.3 Å². The summed E-state index contributed by atoms with van der Waals surface area (Å²) >= 11 is 0. The first kappa shape index (κ1) is 18.2. The summed E-state index contributed by atoms with van der Waals surface area (Å²) < 4.78 is 5.82. The van der Waals surface area contributed by atoms with Gasteiger partial charge < -0.3 is 14.7 Å². The van der Waals surface area contributed by atoms with Crippen LogP contribution >= 0.6 is 0 Å². The molecule has 3 atom stereocenters.